The lowest BCUT2D eigenvalue weighted by molar-refractivity contribution is -0.137. The van der Waals surface area contributed by atoms with Gasteiger partial charge in [0, 0.05) is 5.41 Å². The number of amides is 2. The average Bonchev–Trinajstić information content (AvgIpc) is 2.98. The van der Waals surface area contributed by atoms with Crippen LogP contribution in [0.15, 0.2) is 24.3 Å². The Morgan fingerprint density at radius 2 is 1.83 bits per heavy atom. The van der Waals surface area contributed by atoms with E-state index in [0.717, 1.165) is 17.9 Å². The predicted molar refractivity (Wildman–Crippen MR) is 114 cm³/mol. The average molecular weight is 433 g/mol. The second-order valence-electron chi connectivity index (χ2n) is 10.4. The molecule has 1 aromatic rings. The van der Waals surface area contributed by atoms with Gasteiger partial charge in [-0.15, -0.1) is 0 Å². The van der Waals surface area contributed by atoms with E-state index >= 15 is 0 Å². The van der Waals surface area contributed by atoms with Crippen LogP contribution in [0.3, 0.4) is 0 Å². The van der Waals surface area contributed by atoms with Crippen LogP contribution in [-0.4, -0.2) is 23.4 Å². The zero-order valence-corrected chi connectivity index (χ0v) is 19.1. The molecular weight excluding hydrogens is 404 g/mol. The SMILES string of the molecule is CC(C)(C)OC(=O)NN(C(=O)C1C(=O)[C@]2(C)C(C)(C)C23CC[C@@H]13)c1ccccc1Cl. The molecule has 3 aliphatic rings. The number of carbonyl (C=O) groups is 3. The molecule has 0 heterocycles. The molecule has 6 nitrogen and oxygen atoms in total. The van der Waals surface area contributed by atoms with Gasteiger partial charge in [0.2, 0.25) is 0 Å². The van der Waals surface area contributed by atoms with Crippen LogP contribution >= 0.6 is 11.6 Å². The molecule has 0 aliphatic heterocycles. The number of halogens is 1. The molecule has 1 N–H and O–H groups in total. The number of hydrazine groups is 1. The summed E-state index contributed by atoms with van der Waals surface area (Å²) in [5.41, 5.74) is 1.40. The van der Waals surface area contributed by atoms with Crippen LogP contribution in [0.25, 0.3) is 0 Å². The van der Waals surface area contributed by atoms with Crippen molar-refractivity contribution in [2.24, 2.45) is 28.1 Å². The normalized spacial score (nSPS) is 33.1. The maximum Gasteiger partial charge on any atom is 0.427 e. The number of benzene rings is 1. The number of para-hydroxylation sites is 1. The highest BCUT2D eigenvalue weighted by atomic mass is 35.5. The monoisotopic (exact) mass is 432 g/mol. The standard InChI is InChI=1S/C23H29ClN2O4/c1-20(2,3)30-19(29)25-26(15-10-8-7-9-14(15)24)18(28)16-13-11-12-23(13)21(4,5)22(23,6)17(16)27/h7-10,13,16H,11-12H2,1-6H3,(H,25,29)/t13-,16?,22+,23?/m0/s1. The number of anilines is 1. The number of hydrogen-bond donors (Lipinski definition) is 1. The van der Waals surface area contributed by atoms with Crippen molar-refractivity contribution in [1.29, 1.82) is 0 Å². The van der Waals surface area contributed by atoms with E-state index < -0.39 is 28.9 Å². The van der Waals surface area contributed by atoms with Crippen LogP contribution in [0.5, 0.6) is 0 Å². The smallest absolute Gasteiger partial charge is 0.427 e. The van der Waals surface area contributed by atoms with Gasteiger partial charge in [-0.25, -0.2) is 15.2 Å². The molecule has 2 amide bonds. The van der Waals surface area contributed by atoms with Crippen molar-refractivity contribution in [1.82, 2.24) is 5.43 Å². The van der Waals surface area contributed by atoms with Crippen LogP contribution in [0.4, 0.5) is 10.5 Å². The zero-order chi connectivity index (χ0) is 22.3. The lowest BCUT2D eigenvalue weighted by Crippen LogP contribution is -2.54. The van der Waals surface area contributed by atoms with Gasteiger partial charge < -0.3 is 4.74 Å². The summed E-state index contributed by atoms with van der Waals surface area (Å²) in [6, 6.07) is 6.74. The van der Waals surface area contributed by atoms with Gasteiger partial charge in [0.15, 0.2) is 5.78 Å². The van der Waals surface area contributed by atoms with E-state index in [1.807, 2.05) is 6.92 Å². The van der Waals surface area contributed by atoms with Crippen LogP contribution < -0.4 is 10.4 Å². The molecule has 0 aromatic heterocycles. The Morgan fingerprint density at radius 1 is 1.20 bits per heavy atom. The minimum atomic E-state index is -0.789. The second-order valence-corrected chi connectivity index (χ2v) is 10.9. The fourth-order valence-corrected chi connectivity index (χ4v) is 6.61. The topological polar surface area (TPSA) is 75.7 Å². The third-order valence-electron chi connectivity index (χ3n) is 8.04. The second kappa shape index (κ2) is 6.22. The molecule has 1 spiro atoms. The van der Waals surface area contributed by atoms with Gasteiger partial charge >= 0.3 is 6.09 Å². The molecular formula is C23H29ClN2O4. The third kappa shape index (κ3) is 2.46. The number of ether oxygens (including phenoxy) is 1. The van der Waals surface area contributed by atoms with Gasteiger partial charge in [0.25, 0.3) is 5.91 Å². The number of Topliss-reactive ketones (excluding diaryl/α,β-unsaturated/α-hetero) is 1. The summed E-state index contributed by atoms with van der Waals surface area (Å²) < 4.78 is 5.34. The molecule has 162 valence electrons. The number of hydrogen-bond acceptors (Lipinski definition) is 4. The lowest BCUT2D eigenvalue weighted by Gasteiger charge is -2.42. The highest BCUT2D eigenvalue weighted by Gasteiger charge is 2.93. The van der Waals surface area contributed by atoms with Crippen molar-refractivity contribution in [2.75, 3.05) is 5.01 Å². The van der Waals surface area contributed by atoms with E-state index in [1.165, 1.54) is 0 Å². The molecule has 7 heteroatoms. The highest BCUT2D eigenvalue weighted by molar-refractivity contribution is 6.34. The molecule has 3 aliphatic carbocycles. The maximum absolute atomic E-state index is 13.7. The van der Waals surface area contributed by atoms with Gasteiger partial charge in [-0.3, -0.25) is 9.59 Å². The summed E-state index contributed by atoms with van der Waals surface area (Å²) in [7, 11) is 0. The van der Waals surface area contributed by atoms with Crippen molar-refractivity contribution in [3.63, 3.8) is 0 Å². The number of nitrogens with one attached hydrogen (secondary N) is 1. The van der Waals surface area contributed by atoms with Gasteiger partial charge in [0.05, 0.1) is 10.7 Å². The summed E-state index contributed by atoms with van der Waals surface area (Å²) in [6.45, 7) is 11.5. The molecule has 3 saturated carbocycles. The van der Waals surface area contributed by atoms with E-state index in [0.29, 0.717) is 10.7 Å². The number of ketones is 1. The molecule has 0 radical (unpaired) electrons. The van der Waals surface area contributed by atoms with Crippen LogP contribution in [0.1, 0.15) is 54.4 Å². The van der Waals surface area contributed by atoms with Gasteiger partial charge in [0.1, 0.15) is 11.5 Å². The van der Waals surface area contributed by atoms with Crippen molar-refractivity contribution < 1.29 is 19.1 Å². The first kappa shape index (κ1) is 21.2. The Morgan fingerprint density at radius 3 is 2.33 bits per heavy atom. The molecule has 4 atom stereocenters. The van der Waals surface area contributed by atoms with Crippen molar-refractivity contribution >= 4 is 35.1 Å². The van der Waals surface area contributed by atoms with Gasteiger partial charge in [-0.2, -0.15) is 0 Å². The summed E-state index contributed by atoms with van der Waals surface area (Å²) in [6.07, 6.45) is 1.02. The minimum Gasteiger partial charge on any atom is -0.443 e. The molecule has 0 saturated heterocycles. The summed E-state index contributed by atoms with van der Waals surface area (Å²) in [4.78, 5) is 39.7. The first-order valence-electron chi connectivity index (χ1n) is 10.4. The number of rotatable bonds is 2. The largest absolute Gasteiger partial charge is 0.443 e. The fourth-order valence-electron chi connectivity index (χ4n) is 6.39. The van der Waals surface area contributed by atoms with Crippen molar-refractivity contribution in [2.45, 2.75) is 60.0 Å². The third-order valence-corrected chi connectivity index (χ3v) is 8.36. The highest BCUT2D eigenvalue weighted by Crippen LogP contribution is 2.92. The summed E-state index contributed by atoms with van der Waals surface area (Å²) in [5, 5.41) is 1.40. The molecule has 2 unspecified atom stereocenters. The number of nitrogens with zero attached hydrogens (tertiary/aromatic N) is 1. The van der Waals surface area contributed by atoms with E-state index in [9.17, 15) is 14.4 Å². The Bertz CT molecular complexity index is 953. The minimum absolute atomic E-state index is 0.0112. The first-order valence-corrected chi connectivity index (χ1v) is 10.8. The van der Waals surface area contributed by atoms with Crippen LogP contribution in [0.2, 0.25) is 5.02 Å². The molecule has 1 aromatic carbocycles. The Labute approximate surface area is 182 Å². The molecule has 4 rings (SSSR count). The van der Waals surface area contributed by atoms with Crippen LogP contribution in [0, 0.1) is 28.1 Å². The summed E-state index contributed by atoms with van der Waals surface area (Å²) >= 11 is 6.34. The molecule has 3 fully saturated rings. The fraction of sp³-hybridized carbons (Fsp3) is 0.609. The Balaban J connectivity index is 1.67. The zero-order valence-electron chi connectivity index (χ0n) is 18.3. The van der Waals surface area contributed by atoms with E-state index in [1.54, 1.807) is 45.0 Å². The maximum atomic E-state index is 13.7. The van der Waals surface area contributed by atoms with E-state index in [4.69, 9.17) is 16.3 Å². The van der Waals surface area contributed by atoms with Gasteiger partial charge in [-0.05, 0) is 62.5 Å². The molecule has 0 bridgehead atoms. The summed E-state index contributed by atoms with van der Waals surface area (Å²) in [5.74, 6) is -1.28. The Kier molecular flexibility index (Phi) is 4.39. The first-order chi connectivity index (χ1) is 13.8. The number of carbonyl (C=O) groups excluding carboxylic acids is 3. The van der Waals surface area contributed by atoms with E-state index in [2.05, 4.69) is 19.3 Å². The van der Waals surface area contributed by atoms with E-state index in [-0.39, 0.29) is 22.5 Å². The van der Waals surface area contributed by atoms with Crippen molar-refractivity contribution in [3.8, 4) is 0 Å². The Hall–Kier alpha value is -2.08. The quantitative estimate of drug-likeness (QED) is 0.540. The lowest BCUT2D eigenvalue weighted by atomic mass is 9.62. The van der Waals surface area contributed by atoms with Crippen LogP contribution in [-0.2, 0) is 14.3 Å². The predicted octanol–water partition coefficient (Wildman–Crippen LogP) is 4.75. The molecule has 30 heavy (non-hydrogen) atoms. The van der Waals surface area contributed by atoms with Crippen molar-refractivity contribution in [3.05, 3.63) is 29.3 Å². The van der Waals surface area contributed by atoms with Gasteiger partial charge in [-0.1, -0.05) is 44.5 Å².